The van der Waals surface area contributed by atoms with Gasteiger partial charge in [0.1, 0.15) is 6.61 Å². The van der Waals surface area contributed by atoms with Gasteiger partial charge in [-0.15, -0.1) is 0 Å². The van der Waals surface area contributed by atoms with Gasteiger partial charge in [0.25, 0.3) is 0 Å². The van der Waals surface area contributed by atoms with Gasteiger partial charge >= 0.3 is 0 Å². The van der Waals surface area contributed by atoms with Crippen LogP contribution < -0.4 is 4.72 Å². The fourth-order valence-corrected chi connectivity index (χ4v) is 3.34. The van der Waals surface area contributed by atoms with Crippen molar-refractivity contribution in [3.05, 3.63) is 29.3 Å². The van der Waals surface area contributed by atoms with Crippen molar-refractivity contribution in [3.63, 3.8) is 0 Å². The minimum Gasteiger partial charge on any atom is -0.384 e. The second-order valence-electron chi connectivity index (χ2n) is 4.84. The standard InChI is InChI=1S/C14H17NO3S/c1-11-4-7-14(13(9-11)3-2-8-16)15-19(17,18)10-12-5-6-12/h4,7,9,12,15-16H,5-6,8,10H2,1H3. The average Bonchev–Trinajstić information content (AvgIpc) is 3.12. The highest BCUT2D eigenvalue weighted by molar-refractivity contribution is 7.92. The number of rotatable bonds is 4. The smallest absolute Gasteiger partial charge is 0.233 e. The van der Waals surface area contributed by atoms with Gasteiger partial charge in [-0.25, -0.2) is 8.42 Å². The Kier molecular flexibility index (Phi) is 4.13. The molecule has 0 amide bonds. The molecule has 1 saturated carbocycles. The number of aliphatic hydroxyl groups excluding tert-OH is 1. The summed E-state index contributed by atoms with van der Waals surface area (Å²) in [5.41, 5.74) is 2.06. The third kappa shape index (κ3) is 4.27. The summed E-state index contributed by atoms with van der Waals surface area (Å²) in [5, 5.41) is 8.74. The van der Waals surface area contributed by atoms with Gasteiger partial charge < -0.3 is 5.11 Å². The minimum absolute atomic E-state index is 0.174. The molecule has 1 aromatic rings. The molecule has 0 atom stereocenters. The fraction of sp³-hybridized carbons (Fsp3) is 0.429. The molecule has 0 radical (unpaired) electrons. The maximum absolute atomic E-state index is 12.0. The number of hydrogen-bond donors (Lipinski definition) is 2. The van der Waals surface area contributed by atoms with Gasteiger partial charge in [0.15, 0.2) is 0 Å². The first-order valence-electron chi connectivity index (χ1n) is 6.21. The summed E-state index contributed by atoms with van der Waals surface area (Å²) in [4.78, 5) is 0. The van der Waals surface area contributed by atoms with Crippen LogP contribution in [0.15, 0.2) is 18.2 Å². The van der Waals surface area contributed by atoms with Crippen molar-refractivity contribution >= 4 is 15.7 Å². The highest BCUT2D eigenvalue weighted by atomic mass is 32.2. The van der Waals surface area contributed by atoms with Gasteiger partial charge in [-0.05, 0) is 43.4 Å². The summed E-state index contributed by atoms with van der Waals surface area (Å²) in [7, 11) is -3.31. The van der Waals surface area contributed by atoms with Crippen LogP contribution in [0.5, 0.6) is 0 Å². The van der Waals surface area contributed by atoms with E-state index in [0.717, 1.165) is 18.4 Å². The van der Waals surface area contributed by atoms with Crippen molar-refractivity contribution in [2.24, 2.45) is 5.92 Å². The molecule has 5 heteroatoms. The third-order valence-corrected chi connectivity index (χ3v) is 4.34. The highest BCUT2D eigenvalue weighted by Gasteiger charge is 2.28. The second-order valence-corrected chi connectivity index (χ2v) is 6.60. The van der Waals surface area contributed by atoms with Crippen molar-refractivity contribution in [3.8, 4) is 11.8 Å². The molecule has 19 heavy (non-hydrogen) atoms. The first-order chi connectivity index (χ1) is 9.00. The van der Waals surface area contributed by atoms with E-state index in [2.05, 4.69) is 16.6 Å². The summed E-state index contributed by atoms with van der Waals surface area (Å²) in [5.74, 6) is 5.79. The molecule has 1 aliphatic carbocycles. The highest BCUT2D eigenvalue weighted by Crippen LogP contribution is 2.31. The van der Waals surface area contributed by atoms with Crippen molar-refractivity contribution in [2.75, 3.05) is 17.1 Å². The lowest BCUT2D eigenvalue weighted by atomic mass is 10.1. The predicted molar refractivity (Wildman–Crippen MR) is 75.3 cm³/mol. The maximum atomic E-state index is 12.0. The Balaban J connectivity index is 2.23. The lowest BCUT2D eigenvalue weighted by molar-refractivity contribution is 0.350. The van der Waals surface area contributed by atoms with Crippen LogP contribution in [0.4, 0.5) is 5.69 Å². The number of aliphatic hydroxyl groups is 1. The van der Waals surface area contributed by atoms with E-state index in [0.29, 0.717) is 17.2 Å². The first-order valence-corrected chi connectivity index (χ1v) is 7.86. The molecule has 0 aromatic heterocycles. The first kappa shape index (κ1) is 13.9. The Bertz CT molecular complexity index is 622. The zero-order valence-corrected chi connectivity index (χ0v) is 11.6. The topological polar surface area (TPSA) is 66.4 Å². The molecule has 0 heterocycles. The minimum atomic E-state index is -3.31. The van der Waals surface area contributed by atoms with Crippen LogP contribution in [-0.4, -0.2) is 25.9 Å². The zero-order chi connectivity index (χ0) is 13.9. The van der Waals surface area contributed by atoms with Crippen molar-refractivity contribution in [2.45, 2.75) is 19.8 Å². The van der Waals surface area contributed by atoms with Crippen LogP contribution in [0.25, 0.3) is 0 Å². The Morgan fingerprint density at radius 1 is 1.42 bits per heavy atom. The largest absolute Gasteiger partial charge is 0.384 e. The molecule has 2 N–H and O–H groups in total. The lowest BCUT2D eigenvalue weighted by Crippen LogP contribution is -2.18. The van der Waals surface area contributed by atoms with E-state index >= 15 is 0 Å². The van der Waals surface area contributed by atoms with Gasteiger partial charge in [-0.1, -0.05) is 17.9 Å². The molecule has 0 spiro atoms. The molecular weight excluding hydrogens is 262 g/mol. The molecule has 0 aliphatic heterocycles. The van der Waals surface area contributed by atoms with Crippen LogP contribution in [0.1, 0.15) is 24.0 Å². The van der Waals surface area contributed by atoms with E-state index in [1.54, 1.807) is 12.1 Å². The summed E-state index contributed by atoms with van der Waals surface area (Å²) < 4.78 is 26.5. The van der Waals surface area contributed by atoms with E-state index in [4.69, 9.17) is 5.11 Å². The Labute approximate surface area is 113 Å². The number of aryl methyl sites for hydroxylation is 1. The second kappa shape index (κ2) is 5.64. The number of sulfonamides is 1. The van der Waals surface area contributed by atoms with Gasteiger partial charge in [0, 0.05) is 5.56 Å². The molecule has 1 aliphatic rings. The lowest BCUT2D eigenvalue weighted by Gasteiger charge is -2.10. The van der Waals surface area contributed by atoms with Crippen molar-refractivity contribution < 1.29 is 13.5 Å². The number of anilines is 1. The van der Waals surface area contributed by atoms with E-state index in [9.17, 15) is 8.42 Å². The maximum Gasteiger partial charge on any atom is 0.233 e. The van der Waals surface area contributed by atoms with E-state index < -0.39 is 10.0 Å². The predicted octanol–water partition coefficient (Wildman–Crippen LogP) is 1.49. The molecule has 0 unspecified atom stereocenters. The summed E-state index contributed by atoms with van der Waals surface area (Å²) in [6, 6.07) is 5.35. The van der Waals surface area contributed by atoms with Crippen LogP contribution in [0.2, 0.25) is 0 Å². The van der Waals surface area contributed by atoms with Gasteiger partial charge in [-0.3, -0.25) is 4.72 Å². The van der Waals surface area contributed by atoms with Gasteiger partial charge in [0.2, 0.25) is 10.0 Å². The van der Waals surface area contributed by atoms with Gasteiger partial charge in [-0.2, -0.15) is 0 Å². The number of hydrogen-bond acceptors (Lipinski definition) is 3. The molecule has 1 fully saturated rings. The van der Waals surface area contributed by atoms with Gasteiger partial charge in [0.05, 0.1) is 11.4 Å². The fourth-order valence-electron chi connectivity index (χ4n) is 1.79. The van der Waals surface area contributed by atoms with Crippen LogP contribution in [-0.2, 0) is 10.0 Å². The van der Waals surface area contributed by atoms with Crippen LogP contribution in [0.3, 0.4) is 0 Å². The summed E-state index contributed by atoms with van der Waals surface area (Å²) in [6.07, 6.45) is 1.98. The van der Waals surface area contributed by atoms with E-state index in [1.165, 1.54) is 0 Å². The average molecular weight is 279 g/mol. The quantitative estimate of drug-likeness (QED) is 0.821. The normalized spacial score (nSPS) is 14.6. The Hall–Kier alpha value is -1.51. The van der Waals surface area contributed by atoms with Crippen LogP contribution in [0, 0.1) is 24.7 Å². The Morgan fingerprint density at radius 2 is 2.16 bits per heavy atom. The Morgan fingerprint density at radius 3 is 2.79 bits per heavy atom. The number of benzene rings is 1. The molecule has 0 saturated heterocycles. The van der Waals surface area contributed by atoms with E-state index in [-0.39, 0.29) is 12.4 Å². The molecule has 102 valence electrons. The number of nitrogens with one attached hydrogen (secondary N) is 1. The SMILES string of the molecule is Cc1ccc(NS(=O)(=O)CC2CC2)c(C#CCO)c1. The van der Waals surface area contributed by atoms with Crippen molar-refractivity contribution in [1.29, 1.82) is 0 Å². The molecule has 4 nitrogen and oxygen atoms in total. The monoisotopic (exact) mass is 279 g/mol. The van der Waals surface area contributed by atoms with Crippen molar-refractivity contribution in [1.82, 2.24) is 0 Å². The molecular formula is C14H17NO3S. The molecule has 1 aromatic carbocycles. The molecule has 0 bridgehead atoms. The zero-order valence-electron chi connectivity index (χ0n) is 10.8. The molecule has 2 rings (SSSR count). The van der Waals surface area contributed by atoms with Crippen LogP contribution >= 0.6 is 0 Å². The summed E-state index contributed by atoms with van der Waals surface area (Å²) in [6.45, 7) is 1.66. The third-order valence-electron chi connectivity index (χ3n) is 2.89. The van der Waals surface area contributed by atoms with E-state index in [1.807, 2.05) is 13.0 Å². The summed E-state index contributed by atoms with van der Waals surface area (Å²) >= 11 is 0.